The van der Waals surface area contributed by atoms with Gasteiger partial charge in [0.2, 0.25) is 5.91 Å². The molecule has 19 heavy (non-hydrogen) atoms. The van der Waals surface area contributed by atoms with Crippen LogP contribution >= 0.6 is 15.9 Å². The lowest BCUT2D eigenvalue weighted by molar-refractivity contribution is -0.121. The number of halogens is 1. The molecule has 1 N–H and O–H groups in total. The van der Waals surface area contributed by atoms with Crippen molar-refractivity contribution in [2.75, 3.05) is 19.6 Å². The topological polar surface area (TPSA) is 49.4 Å². The van der Waals surface area contributed by atoms with Gasteiger partial charge in [-0.25, -0.2) is 0 Å². The van der Waals surface area contributed by atoms with Crippen molar-refractivity contribution >= 4 is 27.7 Å². The molecule has 0 atom stereocenters. The van der Waals surface area contributed by atoms with Crippen molar-refractivity contribution in [3.8, 4) is 0 Å². The quantitative estimate of drug-likeness (QED) is 0.903. The number of amides is 2. The Balaban J connectivity index is 2.86. The maximum absolute atomic E-state index is 12.4. The summed E-state index contributed by atoms with van der Waals surface area (Å²) in [5, 5.41) is 2.70. The Labute approximate surface area is 122 Å². The van der Waals surface area contributed by atoms with Crippen LogP contribution in [0.1, 0.15) is 29.8 Å². The van der Waals surface area contributed by atoms with Gasteiger partial charge in [0.05, 0.1) is 12.1 Å². The molecule has 1 rings (SSSR count). The largest absolute Gasteiger partial charge is 0.355 e. The lowest BCUT2D eigenvalue weighted by Crippen LogP contribution is -2.40. The van der Waals surface area contributed by atoms with Gasteiger partial charge in [-0.3, -0.25) is 9.59 Å². The van der Waals surface area contributed by atoms with Gasteiger partial charge >= 0.3 is 0 Å². The summed E-state index contributed by atoms with van der Waals surface area (Å²) in [6, 6.07) is 5.56. The standard InChI is InChI=1S/C14H19BrN2O2/c1-4-16-13(18)9-17(5-2)14(19)11-7-6-10(3)8-12(11)15/h6-8H,4-5,9H2,1-3H3,(H,16,18). The highest BCUT2D eigenvalue weighted by Crippen LogP contribution is 2.20. The van der Waals surface area contributed by atoms with Crippen LogP contribution in [0.2, 0.25) is 0 Å². The number of hydrogen-bond donors (Lipinski definition) is 1. The number of aryl methyl sites for hydroxylation is 1. The lowest BCUT2D eigenvalue weighted by atomic mass is 10.1. The lowest BCUT2D eigenvalue weighted by Gasteiger charge is -2.21. The zero-order valence-electron chi connectivity index (χ0n) is 11.5. The molecule has 0 radical (unpaired) electrons. The van der Waals surface area contributed by atoms with E-state index < -0.39 is 0 Å². The predicted molar refractivity (Wildman–Crippen MR) is 79.1 cm³/mol. The first-order valence-electron chi connectivity index (χ1n) is 6.31. The number of benzene rings is 1. The van der Waals surface area contributed by atoms with E-state index in [2.05, 4.69) is 21.2 Å². The average Bonchev–Trinajstić information content (AvgIpc) is 2.35. The van der Waals surface area contributed by atoms with E-state index in [4.69, 9.17) is 0 Å². The van der Waals surface area contributed by atoms with E-state index in [1.807, 2.05) is 32.9 Å². The molecule has 4 nitrogen and oxygen atoms in total. The molecule has 2 amide bonds. The molecular formula is C14H19BrN2O2. The molecule has 0 heterocycles. The minimum Gasteiger partial charge on any atom is -0.355 e. The Morgan fingerprint density at radius 1 is 1.32 bits per heavy atom. The molecule has 0 aliphatic heterocycles. The molecule has 0 spiro atoms. The summed E-state index contributed by atoms with van der Waals surface area (Å²) in [7, 11) is 0. The van der Waals surface area contributed by atoms with E-state index in [1.54, 1.807) is 6.07 Å². The SMILES string of the molecule is CCNC(=O)CN(CC)C(=O)c1ccc(C)cc1Br. The number of likely N-dealkylation sites (N-methyl/N-ethyl adjacent to an activating group) is 2. The molecule has 0 saturated carbocycles. The fourth-order valence-corrected chi connectivity index (χ4v) is 2.38. The smallest absolute Gasteiger partial charge is 0.255 e. The summed E-state index contributed by atoms with van der Waals surface area (Å²) in [6.07, 6.45) is 0. The van der Waals surface area contributed by atoms with Crippen molar-refractivity contribution in [2.24, 2.45) is 0 Å². The Bertz CT molecular complexity index is 475. The van der Waals surface area contributed by atoms with Gasteiger partial charge in [0.1, 0.15) is 0 Å². The van der Waals surface area contributed by atoms with Crippen molar-refractivity contribution in [2.45, 2.75) is 20.8 Å². The molecule has 1 aromatic rings. The number of nitrogens with one attached hydrogen (secondary N) is 1. The number of carbonyl (C=O) groups excluding carboxylic acids is 2. The second kappa shape index (κ2) is 7.28. The Hall–Kier alpha value is -1.36. The highest BCUT2D eigenvalue weighted by molar-refractivity contribution is 9.10. The van der Waals surface area contributed by atoms with Gasteiger partial charge in [-0.1, -0.05) is 6.07 Å². The summed E-state index contributed by atoms with van der Waals surface area (Å²) in [6.45, 7) is 6.83. The maximum Gasteiger partial charge on any atom is 0.255 e. The summed E-state index contributed by atoms with van der Waals surface area (Å²) >= 11 is 3.39. The molecule has 5 heteroatoms. The third-order valence-corrected chi connectivity index (χ3v) is 3.39. The third kappa shape index (κ3) is 4.35. The van der Waals surface area contributed by atoms with E-state index >= 15 is 0 Å². The number of carbonyl (C=O) groups is 2. The van der Waals surface area contributed by atoms with Crippen LogP contribution in [0.25, 0.3) is 0 Å². The van der Waals surface area contributed by atoms with E-state index in [0.717, 1.165) is 10.0 Å². The van der Waals surface area contributed by atoms with Crippen LogP contribution in [0.4, 0.5) is 0 Å². The monoisotopic (exact) mass is 326 g/mol. The van der Waals surface area contributed by atoms with E-state index in [1.165, 1.54) is 4.90 Å². The van der Waals surface area contributed by atoms with Crippen molar-refractivity contribution < 1.29 is 9.59 Å². The summed E-state index contributed by atoms with van der Waals surface area (Å²) in [5.74, 6) is -0.276. The molecule has 1 aromatic carbocycles. The number of nitrogens with zero attached hydrogens (tertiary/aromatic N) is 1. The second-order valence-electron chi connectivity index (χ2n) is 4.26. The Morgan fingerprint density at radius 2 is 2.00 bits per heavy atom. The summed E-state index contributed by atoms with van der Waals surface area (Å²) < 4.78 is 0.756. The maximum atomic E-state index is 12.4. The van der Waals surface area contributed by atoms with Gasteiger partial charge in [-0.2, -0.15) is 0 Å². The Kier molecular flexibility index (Phi) is 6.02. The van der Waals surface area contributed by atoms with Crippen molar-refractivity contribution in [3.05, 3.63) is 33.8 Å². The summed E-state index contributed by atoms with van der Waals surface area (Å²) in [5.41, 5.74) is 1.66. The van der Waals surface area contributed by atoms with Crippen molar-refractivity contribution in [1.82, 2.24) is 10.2 Å². The van der Waals surface area contributed by atoms with Gasteiger partial charge < -0.3 is 10.2 Å². The van der Waals surface area contributed by atoms with Crippen LogP contribution in [0, 0.1) is 6.92 Å². The van der Waals surface area contributed by atoms with E-state index in [9.17, 15) is 9.59 Å². The van der Waals surface area contributed by atoms with Crippen LogP contribution < -0.4 is 5.32 Å². The minimum absolute atomic E-state index is 0.0868. The molecule has 0 bridgehead atoms. The van der Waals surface area contributed by atoms with Crippen LogP contribution in [0.3, 0.4) is 0 Å². The first-order valence-corrected chi connectivity index (χ1v) is 7.11. The van der Waals surface area contributed by atoms with Gasteiger partial charge in [-0.15, -0.1) is 0 Å². The van der Waals surface area contributed by atoms with Crippen LogP contribution in [-0.4, -0.2) is 36.3 Å². The first kappa shape index (κ1) is 15.7. The van der Waals surface area contributed by atoms with Gasteiger partial charge in [-0.05, 0) is 54.4 Å². The molecule has 0 fully saturated rings. The molecule has 0 aliphatic carbocycles. The van der Waals surface area contributed by atoms with Crippen LogP contribution in [-0.2, 0) is 4.79 Å². The molecular weight excluding hydrogens is 308 g/mol. The predicted octanol–water partition coefficient (Wildman–Crippen LogP) is 2.36. The summed E-state index contributed by atoms with van der Waals surface area (Å²) in [4.78, 5) is 25.5. The molecule has 0 aliphatic rings. The van der Waals surface area contributed by atoms with Gasteiger partial charge in [0.25, 0.3) is 5.91 Å². The highest BCUT2D eigenvalue weighted by atomic mass is 79.9. The van der Waals surface area contributed by atoms with Crippen molar-refractivity contribution in [3.63, 3.8) is 0 Å². The fraction of sp³-hybridized carbons (Fsp3) is 0.429. The molecule has 0 aromatic heterocycles. The third-order valence-electron chi connectivity index (χ3n) is 2.73. The van der Waals surface area contributed by atoms with E-state index in [0.29, 0.717) is 18.7 Å². The Morgan fingerprint density at radius 3 is 2.53 bits per heavy atom. The molecule has 0 saturated heterocycles. The second-order valence-corrected chi connectivity index (χ2v) is 5.11. The number of rotatable bonds is 5. The zero-order chi connectivity index (χ0) is 14.4. The average molecular weight is 327 g/mol. The minimum atomic E-state index is -0.138. The molecule has 104 valence electrons. The first-order chi connectivity index (χ1) is 8.99. The van der Waals surface area contributed by atoms with Gasteiger partial charge in [0, 0.05) is 17.6 Å². The van der Waals surface area contributed by atoms with Gasteiger partial charge in [0.15, 0.2) is 0 Å². The van der Waals surface area contributed by atoms with Crippen molar-refractivity contribution in [1.29, 1.82) is 0 Å². The normalized spacial score (nSPS) is 10.1. The van der Waals surface area contributed by atoms with E-state index in [-0.39, 0.29) is 18.4 Å². The number of hydrogen-bond acceptors (Lipinski definition) is 2. The fourth-order valence-electron chi connectivity index (χ4n) is 1.72. The van der Waals surface area contributed by atoms with Crippen LogP contribution in [0.5, 0.6) is 0 Å². The zero-order valence-corrected chi connectivity index (χ0v) is 13.1. The van der Waals surface area contributed by atoms with Crippen LogP contribution in [0.15, 0.2) is 22.7 Å². The molecule has 0 unspecified atom stereocenters. The highest BCUT2D eigenvalue weighted by Gasteiger charge is 2.19.